The van der Waals surface area contributed by atoms with Crippen molar-refractivity contribution in [2.24, 2.45) is 0 Å². The van der Waals surface area contributed by atoms with Gasteiger partial charge in [-0.25, -0.2) is 0 Å². The summed E-state index contributed by atoms with van der Waals surface area (Å²) in [5.41, 5.74) is 0.703. The molecule has 0 heterocycles. The second-order valence-corrected chi connectivity index (χ2v) is 7.86. The molecular weight excluding hydrogens is 328 g/mol. The summed E-state index contributed by atoms with van der Waals surface area (Å²) in [6.07, 6.45) is 2.33. The van der Waals surface area contributed by atoms with Crippen LogP contribution in [0.1, 0.15) is 25.3 Å². The average Bonchev–Trinajstić information content (AvgIpc) is 2.41. The summed E-state index contributed by atoms with van der Waals surface area (Å²) < 4.78 is 63.5. The van der Waals surface area contributed by atoms with Crippen molar-refractivity contribution in [2.45, 2.75) is 36.0 Å². The van der Waals surface area contributed by atoms with E-state index in [0.29, 0.717) is 22.8 Å². The number of rotatable bonds is 5. The van der Waals surface area contributed by atoms with E-state index >= 15 is 0 Å². The van der Waals surface area contributed by atoms with Crippen LogP contribution in [-0.2, 0) is 26.7 Å². The van der Waals surface area contributed by atoms with Gasteiger partial charge in [0, 0.05) is 0 Å². The Balaban J connectivity index is 2.76. The molecule has 0 atom stereocenters. The zero-order chi connectivity index (χ0) is 16.5. The van der Waals surface area contributed by atoms with Gasteiger partial charge >= 0.3 is 0 Å². The molecule has 0 fully saturated rings. The fourth-order valence-electron chi connectivity index (χ4n) is 2.28. The van der Waals surface area contributed by atoms with Gasteiger partial charge in [0.05, 0.1) is 9.79 Å². The molecule has 0 amide bonds. The highest BCUT2D eigenvalue weighted by Crippen LogP contribution is 2.27. The van der Waals surface area contributed by atoms with Crippen LogP contribution >= 0.6 is 0 Å². The average molecular weight is 344 g/mol. The smallest absolute Gasteiger partial charge is 0.282 e. The molecule has 0 aliphatic rings. The Kier molecular flexibility index (Phi) is 4.57. The summed E-state index contributed by atoms with van der Waals surface area (Å²) in [5, 5.41) is 1.02. The highest BCUT2D eigenvalue weighted by molar-refractivity contribution is 7.86. The maximum Gasteiger partial charge on any atom is 0.294 e. The normalized spacial score (nSPS) is 12.7. The molecule has 2 aromatic rings. The lowest BCUT2D eigenvalue weighted by Crippen LogP contribution is -2.02. The monoisotopic (exact) mass is 344 g/mol. The van der Waals surface area contributed by atoms with E-state index in [2.05, 4.69) is 0 Å². The molecule has 0 saturated carbocycles. The lowest BCUT2D eigenvalue weighted by molar-refractivity contribution is 0.481. The Hall–Kier alpha value is -1.48. The first kappa shape index (κ1) is 16.9. The van der Waals surface area contributed by atoms with E-state index in [9.17, 15) is 21.4 Å². The molecule has 2 N–H and O–H groups in total. The van der Waals surface area contributed by atoms with Crippen LogP contribution in [0.15, 0.2) is 40.1 Å². The first-order valence-electron chi connectivity index (χ1n) is 6.64. The minimum Gasteiger partial charge on any atom is -0.282 e. The summed E-state index contributed by atoms with van der Waals surface area (Å²) in [7, 11) is -8.79. The maximum absolute atomic E-state index is 11.4. The highest BCUT2D eigenvalue weighted by Gasteiger charge is 2.16. The molecule has 0 radical (unpaired) electrons. The number of benzene rings is 2. The lowest BCUT2D eigenvalue weighted by Gasteiger charge is -2.10. The van der Waals surface area contributed by atoms with Gasteiger partial charge in [-0.3, -0.25) is 9.11 Å². The Morgan fingerprint density at radius 2 is 1.50 bits per heavy atom. The van der Waals surface area contributed by atoms with Gasteiger partial charge in [0.15, 0.2) is 0 Å². The molecule has 0 aliphatic heterocycles. The van der Waals surface area contributed by atoms with E-state index in [1.54, 1.807) is 0 Å². The van der Waals surface area contributed by atoms with Gasteiger partial charge in [-0.15, -0.1) is 0 Å². The van der Waals surface area contributed by atoms with Crippen molar-refractivity contribution in [3.05, 3.63) is 35.9 Å². The largest absolute Gasteiger partial charge is 0.294 e. The molecule has 120 valence electrons. The molecule has 0 spiro atoms. The minimum atomic E-state index is -4.40. The summed E-state index contributed by atoms with van der Waals surface area (Å²) in [6, 6.07) is 6.56. The summed E-state index contributed by atoms with van der Waals surface area (Å²) >= 11 is 0. The number of unbranched alkanes of at least 4 members (excludes halogenated alkanes) is 1. The van der Waals surface area contributed by atoms with Crippen molar-refractivity contribution < 1.29 is 25.9 Å². The van der Waals surface area contributed by atoms with Gasteiger partial charge in [-0.1, -0.05) is 19.4 Å². The minimum absolute atomic E-state index is 0.293. The molecule has 0 saturated heterocycles. The van der Waals surface area contributed by atoms with Crippen molar-refractivity contribution in [3.63, 3.8) is 0 Å². The molecular formula is C14H16O6S2. The second-order valence-electron chi connectivity index (χ2n) is 5.02. The fourth-order valence-corrected chi connectivity index (χ4v) is 3.36. The Morgan fingerprint density at radius 1 is 0.909 bits per heavy atom. The molecule has 0 bridgehead atoms. The van der Waals surface area contributed by atoms with Crippen molar-refractivity contribution in [1.29, 1.82) is 0 Å². The van der Waals surface area contributed by atoms with Crippen LogP contribution in [0.5, 0.6) is 0 Å². The zero-order valence-corrected chi connectivity index (χ0v) is 13.5. The van der Waals surface area contributed by atoms with Crippen molar-refractivity contribution in [1.82, 2.24) is 0 Å². The molecule has 22 heavy (non-hydrogen) atoms. The van der Waals surface area contributed by atoms with Crippen LogP contribution in [-0.4, -0.2) is 25.9 Å². The first-order chi connectivity index (χ1) is 10.1. The topological polar surface area (TPSA) is 109 Å². The highest BCUT2D eigenvalue weighted by atomic mass is 32.2. The maximum atomic E-state index is 11.4. The van der Waals surface area contributed by atoms with E-state index in [4.69, 9.17) is 4.55 Å². The van der Waals surface area contributed by atoms with Gasteiger partial charge in [0.2, 0.25) is 0 Å². The second kappa shape index (κ2) is 5.96. The molecule has 8 heteroatoms. The van der Waals surface area contributed by atoms with Crippen LogP contribution in [0, 0.1) is 0 Å². The third-order valence-electron chi connectivity index (χ3n) is 3.38. The molecule has 2 rings (SSSR count). The Labute approximate surface area is 129 Å². The number of hydrogen-bond donors (Lipinski definition) is 2. The number of fused-ring (bicyclic) bond motifs is 1. The predicted octanol–water partition coefficient (Wildman–Crippen LogP) is 2.68. The third kappa shape index (κ3) is 3.64. The van der Waals surface area contributed by atoms with Crippen LogP contribution < -0.4 is 0 Å². The van der Waals surface area contributed by atoms with Crippen molar-refractivity contribution in [2.75, 3.05) is 0 Å². The van der Waals surface area contributed by atoms with E-state index < -0.39 is 20.2 Å². The summed E-state index contributed by atoms with van der Waals surface area (Å²) in [5.74, 6) is 0. The summed E-state index contributed by atoms with van der Waals surface area (Å²) in [4.78, 5) is -0.618. The van der Waals surface area contributed by atoms with Crippen LogP contribution in [0.2, 0.25) is 0 Å². The summed E-state index contributed by atoms with van der Waals surface area (Å²) in [6.45, 7) is 1.99. The van der Waals surface area contributed by atoms with Crippen molar-refractivity contribution >= 4 is 31.0 Å². The predicted molar refractivity (Wildman–Crippen MR) is 82.2 cm³/mol. The van der Waals surface area contributed by atoms with E-state index in [1.165, 1.54) is 30.3 Å². The van der Waals surface area contributed by atoms with Crippen molar-refractivity contribution in [3.8, 4) is 0 Å². The molecule has 0 aromatic heterocycles. The van der Waals surface area contributed by atoms with E-state index in [-0.39, 0.29) is 9.79 Å². The van der Waals surface area contributed by atoms with Crippen LogP contribution in [0.4, 0.5) is 0 Å². The quantitative estimate of drug-likeness (QED) is 0.807. The van der Waals surface area contributed by atoms with Gasteiger partial charge in [0.25, 0.3) is 20.2 Å². The standard InChI is InChI=1S/C14H16O6S2/c1-2-3-4-10-7-13(22(18,19)20)9-11-8-12(21(15,16)17)5-6-14(10)11/h5-9H,2-4H2,1H3,(H,15,16,17)(H,18,19,20). The number of hydrogen-bond acceptors (Lipinski definition) is 4. The third-order valence-corrected chi connectivity index (χ3v) is 5.06. The number of aryl methyl sites for hydroxylation is 1. The molecule has 6 nitrogen and oxygen atoms in total. The van der Waals surface area contributed by atoms with Gasteiger partial charge in [-0.05, 0) is 53.4 Å². The van der Waals surface area contributed by atoms with Gasteiger partial charge in [-0.2, -0.15) is 16.8 Å². The zero-order valence-electron chi connectivity index (χ0n) is 11.9. The molecule has 2 aromatic carbocycles. The lowest BCUT2D eigenvalue weighted by atomic mass is 10.0. The van der Waals surface area contributed by atoms with E-state index in [0.717, 1.165) is 12.8 Å². The van der Waals surface area contributed by atoms with E-state index in [1.807, 2.05) is 6.92 Å². The van der Waals surface area contributed by atoms with Gasteiger partial charge < -0.3 is 0 Å². The molecule has 0 unspecified atom stereocenters. The van der Waals surface area contributed by atoms with Crippen LogP contribution in [0.3, 0.4) is 0 Å². The van der Waals surface area contributed by atoms with Gasteiger partial charge in [0.1, 0.15) is 0 Å². The Morgan fingerprint density at radius 3 is 2.05 bits per heavy atom. The Bertz CT molecular complexity index is 908. The fraction of sp³-hybridized carbons (Fsp3) is 0.286. The first-order valence-corrected chi connectivity index (χ1v) is 9.52. The molecule has 0 aliphatic carbocycles. The SMILES string of the molecule is CCCCc1cc(S(=O)(=O)O)cc2cc(S(=O)(=O)O)ccc12. The van der Waals surface area contributed by atoms with Crippen LogP contribution in [0.25, 0.3) is 10.8 Å².